The Hall–Kier alpha value is -1.08. The number of nitrogens with one attached hydrogen (secondary N) is 1. The van der Waals surface area contributed by atoms with Crippen molar-refractivity contribution in [3.63, 3.8) is 0 Å². The maximum atomic E-state index is 11.2. The highest BCUT2D eigenvalue weighted by atomic mass is 16.2. The van der Waals surface area contributed by atoms with Crippen LogP contribution < -0.4 is 5.32 Å². The predicted molar refractivity (Wildman–Crippen MR) is 60.2 cm³/mol. The predicted octanol–water partition coefficient (Wildman–Crippen LogP) is 0.994. The third-order valence-corrected chi connectivity index (χ3v) is 2.23. The van der Waals surface area contributed by atoms with Crippen LogP contribution in [-0.2, 0) is 4.79 Å². The molecule has 0 radical (unpaired) electrons. The second-order valence-electron chi connectivity index (χ2n) is 4.56. The van der Waals surface area contributed by atoms with Gasteiger partial charge < -0.3 is 10.2 Å². The van der Waals surface area contributed by atoms with Gasteiger partial charge in [-0.1, -0.05) is 0 Å². The van der Waals surface area contributed by atoms with E-state index < -0.39 is 0 Å². The van der Waals surface area contributed by atoms with Crippen LogP contribution in [0.3, 0.4) is 0 Å². The highest BCUT2D eigenvalue weighted by molar-refractivity contribution is 5.77. The summed E-state index contributed by atoms with van der Waals surface area (Å²) in [4.78, 5) is 12.7. The molecule has 0 spiro atoms. The number of nitrogens with zero attached hydrogens (tertiary/aromatic N) is 2. The molecular formula is C11H21N3O. The topological polar surface area (TPSA) is 56.1 Å². The SMILES string of the molecule is CN(C)C(=O)CNCCCC(C)(C)C#N. The van der Waals surface area contributed by atoms with Crippen molar-refractivity contribution in [1.29, 1.82) is 5.26 Å². The van der Waals surface area contributed by atoms with Gasteiger partial charge in [0.1, 0.15) is 0 Å². The molecule has 0 aliphatic carbocycles. The molecule has 0 aliphatic heterocycles. The lowest BCUT2D eigenvalue weighted by atomic mass is 9.90. The zero-order valence-corrected chi connectivity index (χ0v) is 10.1. The van der Waals surface area contributed by atoms with Gasteiger partial charge in [0.2, 0.25) is 5.91 Å². The summed E-state index contributed by atoms with van der Waals surface area (Å²) in [6.45, 7) is 5.01. The van der Waals surface area contributed by atoms with Crippen LogP contribution in [0.15, 0.2) is 0 Å². The third kappa shape index (κ3) is 6.92. The second kappa shape index (κ2) is 6.41. The summed E-state index contributed by atoms with van der Waals surface area (Å²) in [5.41, 5.74) is -0.257. The minimum Gasteiger partial charge on any atom is -0.348 e. The van der Waals surface area contributed by atoms with E-state index in [1.165, 1.54) is 0 Å². The van der Waals surface area contributed by atoms with Gasteiger partial charge in [0.25, 0.3) is 0 Å². The zero-order valence-electron chi connectivity index (χ0n) is 10.1. The monoisotopic (exact) mass is 211 g/mol. The number of nitriles is 1. The van der Waals surface area contributed by atoms with E-state index in [1.807, 2.05) is 13.8 Å². The molecule has 0 aliphatic rings. The van der Waals surface area contributed by atoms with E-state index in [2.05, 4.69) is 11.4 Å². The van der Waals surface area contributed by atoms with Crippen LogP contribution in [0.1, 0.15) is 26.7 Å². The molecule has 0 atom stereocenters. The molecule has 15 heavy (non-hydrogen) atoms. The quantitative estimate of drug-likeness (QED) is 0.667. The molecular weight excluding hydrogens is 190 g/mol. The first kappa shape index (κ1) is 13.9. The van der Waals surface area contributed by atoms with Crippen molar-refractivity contribution in [3.05, 3.63) is 0 Å². The lowest BCUT2D eigenvalue weighted by molar-refractivity contribution is -0.127. The molecule has 0 unspecified atom stereocenters. The van der Waals surface area contributed by atoms with Gasteiger partial charge in [-0.15, -0.1) is 0 Å². The molecule has 1 amide bonds. The van der Waals surface area contributed by atoms with Crippen molar-refractivity contribution in [2.75, 3.05) is 27.2 Å². The highest BCUT2D eigenvalue weighted by Gasteiger charge is 2.15. The highest BCUT2D eigenvalue weighted by Crippen LogP contribution is 2.19. The van der Waals surface area contributed by atoms with Gasteiger partial charge in [-0.2, -0.15) is 5.26 Å². The smallest absolute Gasteiger partial charge is 0.236 e. The van der Waals surface area contributed by atoms with Crippen LogP contribution in [0.2, 0.25) is 0 Å². The van der Waals surface area contributed by atoms with Crippen molar-refractivity contribution >= 4 is 5.91 Å². The van der Waals surface area contributed by atoms with Gasteiger partial charge in [-0.3, -0.25) is 4.79 Å². The first-order chi connectivity index (χ1) is 6.89. The van der Waals surface area contributed by atoms with E-state index in [4.69, 9.17) is 5.26 Å². The Morgan fingerprint density at radius 2 is 2.07 bits per heavy atom. The summed E-state index contributed by atoms with van der Waals surface area (Å²) >= 11 is 0. The lowest BCUT2D eigenvalue weighted by Crippen LogP contribution is -2.33. The number of hydrogen-bond acceptors (Lipinski definition) is 3. The van der Waals surface area contributed by atoms with Gasteiger partial charge in [-0.05, 0) is 33.2 Å². The fourth-order valence-corrected chi connectivity index (χ4v) is 1.06. The lowest BCUT2D eigenvalue weighted by Gasteiger charge is -2.15. The van der Waals surface area contributed by atoms with E-state index >= 15 is 0 Å². The average molecular weight is 211 g/mol. The molecule has 0 aromatic rings. The average Bonchev–Trinajstić information content (AvgIpc) is 2.16. The molecule has 0 aromatic carbocycles. The van der Waals surface area contributed by atoms with E-state index in [-0.39, 0.29) is 11.3 Å². The van der Waals surface area contributed by atoms with Gasteiger partial charge in [0.05, 0.1) is 18.0 Å². The van der Waals surface area contributed by atoms with Gasteiger partial charge in [-0.25, -0.2) is 0 Å². The molecule has 0 saturated carbocycles. The molecule has 0 fully saturated rings. The largest absolute Gasteiger partial charge is 0.348 e. The zero-order chi connectivity index (χ0) is 11.9. The van der Waals surface area contributed by atoms with Crippen molar-refractivity contribution in [2.45, 2.75) is 26.7 Å². The molecule has 86 valence electrons. The maximum Gasteiger partial charge on any atom is 0.236 e. The van der Waals surface area contributed by atoms with Crippen molar-refractivity contribution in [3.8, 4) is 6.07 Å². The summed E-state index contributed by atoms with van der Waals surface area (Å²) in [7, 11) is 3.48. The molecule has 0 saturated heterocycles. The number of carbonyl (C=O) groups is 1. The molecule has 0 heterocycles. The van der Waals surface area contributed by atoms with Crippen LogP contribution in [0, 0.1) is 16.7 Å². The molecule has 4 heteroatoms. The van der Waals surface area contributed by atoms with Crippen LogP contribution in [-0.4, -0.2) is 38.0 Å². The van der Waals surface area contributed by atoms with E-state index in [1.54, 1.807) is 19.0 Å². The van der Waals surface area contributed by atoms with Crippen LogP contribution in [0.25, 0.3) is 0 Å². The van der Waals surface area contributed by atoms with Crippen molar-refractivity contribution in [1.82, 2.24) is 10.2 Å². The van der Waals surface area contributed by atoms with E-state index in [0.29, 0.717) is 6.54 Å². The van der Waals surface area contributed by atoms with Crippen molar-refractivity contribution < 1.29 is 4.79 Å². The fourth-order valence-electron chi connectivity index (χ4n) is 1.06. The van der Waals surface area contributed by atoms with Crippen LogP contribution in [0.4, 0.5) is 0 Å². The Bertz CT molecular complexity index is 241. The van der Waals surface area contributed by atoms with E-state index in [0.717, 1.165) is 19.4 Å². The summed E-state index contributed by atoms with van der Waals surface area (Å²) in [6, 6.07) is 2.26. The number of rotatable bonds is 6. The number of hydrogen-bond donors (Lipinski definition) is 1. The Kier molecular flexibility index (Phi) is 5.95. The Balaban J connectivity index is 3.50. The van der Waals surface area contributed by atoms with E-state index in [9.17, 15) is 4.79 Å². The second-order valence-corrected chi connectivity index (χ2v) is 4.56. The molecule has 0 rings (SSSR count). The standard InChI is InChI=1S/C11H21N3O/c1-11(2,9-12)6-5-7-13-8-10(15)14(3)4/h13H,5-8H2,1-4H3. The number of amides is 1. The molecule has 0 aromatic heterocycles. The Morgan fingerprint density at radius 1 is 1.47 bits per heavy atom. The summed E-state index contributed by atoms with van der Waals surface area (Å²) in [5, 5.41) is 11.8. The summed E-state index contributed by atoms with van der Waals surface area (Å²) in [5.74, 6) is 0.0783. The maximum absolute atomic E-state index is 11.2. The molecule has 4 nitrogen and oxygen atoms in total. The summed E-state index contributed by atoms with van der Waals surface area (Å²) in [6.07, 6.45) is 1.77. The fraction of sp³-hybridized carbons (Fsp3) is 0.818. The third-order valence-electron chi connectivity index (χ3n) is 2.23. The number of likely N-dealkylation sites (N-methyl/N-ethyl adjacent to an activating group) is 1. The Labute approximate surface area is 92.3 Å². The minimum absolute atomic E-state index is 0.0783. The molecule has 1 N–H and O–H groups in total. The van der Waals surface area contributed by atoms with Gasteiger partial charge in [0.15, 0.2) is 0 Å². The van der Waals surface area contributed by atoms with Crippen molar-refractivity contribution in [2.24, 2.45) is 5.41 Å². The Morgan fingerprint density at radius 3 is 2.53 bits per heavy atom. The number of carbonyl (C=O) groups excluding carboxylic acids is 1. The minimum atomic E-state index is -0.257. The summed E-state index contributed by atoms with van der Waals surface area (Å²) < 4.78 is 0. The first-order valence-corrected chi connectivity index (χ1v) is 5.21. The molecule has 0 bridgehead atoms. The first-order valence-electron chi connectivity index (χ1n) is 5.21. The normalized spacial score (nSPS) is 10.9. The van der Waals surface area contributed by atoms with Crippen LogP contribution >= 0.6 is 0 Å². The van der Waals surface area contributed by atoms with Crippen LogP contribution in [0.5, 0.6) is 0 Å². The van der Waals surface area contributed by atoms with Gasteiger partial charge in [0, 0.05) is 14.1 Å². The van der Waals surface area contributed by atoms with Gasteiger partial charge >= 0.3 is 0 Å².